The first-order chi connectivity index (χ1) is 8.38. The number of benzene rings is 1. The van der Waals surface area contributed by atoms with Crippen LogP contribution in [-0.2, 0) is 22.5 Å². The Morgan fingerprint density at radius 3 is 2.71 bits per heavy atom. The quantitative estimate of drug-likeness (QED) is 0.815. The van der Waals surface area contributed by atoms with E-state index < -0.39 is 0 Å². The van der Waals surface area contributed by atoms with Crippen LogP contribution >= 0.6 is 0 Å². The van der Waals surface area contributed by atoms with E-state index in [4.69, 9.17) is 9.47 Å². The van der Waals surface area contributed by atoms with Crippen molar-refractivity contribution in [2.24, 2.45) is 0 Å². The maximum absolute atomic E-state index is 5.77. The SMILES string of the molecule is CNCCc1ccc(COC2CCOC2)cc1. The highest BCUT2D eigenvalue weighted by atomic mass is 16.5. The lowest BCUT2D eigenvalue weighted by Gasteiger charge is -2.10. The van der Waals surface area contributed by atoms with E-state index in [1.807, 2.05) is 7.05 Å². The van der Waals surface area contributed by atoms with Crippen molar-refractivity contribution in [3.05, 3.63) is 35.4 Å². The summed E-state index contributed by atoms with van der Waals surface area (Å²) in [6, 6.07) is 8.67. The molecule has 0 aromatic heterocycles. The molecule has 1 saturated heterocycles. The predicted octanol–water partition coefficient (Wildman–Crippen LogP) is 1.75. The Kier molecular flexibility index (Phi) is 4.98. The van der Waals surface area contributed by atoms with Gasteiger partial charge in [0.05, 0.1) is 19.3 Å². The van der Waals surface area contributed by atoms with Crippen molar-refractivity contribution in [1.29, 1.82) is 0 Å². The van der Waals surface area contributed by atoms with Gasteiger partial charge in [-0.2, -0.15) is 0 Å². The van der Waals surface area contributed by atoms with Crippen molar-refractivity contribution >= 4 is 0 Å². The fourth-order valence-corrected chi connectivity index (χ4v) is 1.93. The Hall–Kier alpha value is -0.900. The molecule has 0 amide bonds. The molecule has 0 radical (unpaired) electrons. The Bertz CT molecular complexity index is 317. The molecular weight excluding hydrogens is 214 g/mol. The molecule has 1 aliphatic heterocycles. The second-order valence-corrected chi connectivity index (χ2v) is 4.47. The van der Waals surface area contributed by atoms with E-state index in [-0.39, 0.29) is 0 Å². The van der Waals surface area contributed by atoms with Crippen LogP contribution in [0.1, 0.15) is 17.5 Å². The summed E-state index contributed by atoms with van der Waals surface area (Å²) in [4.78, 5) is 0. The third-order valence-corrected chi connectivity index (χ3v) is 3.06. The van der Waals surface area contributed by atoms with E-state index in [1.165, 1.54) is 11.1 Å². The molecule has 3 heteroatoms. The summed E-state index contributed by atoms with van der Waals surface area (Å²) in [5.41, 5.74) is 2.61. The number of likely N-dealkylation sites (N-methyl/N-ethyl adjacent to an activating group) is 1. The lowest BCUT2D eigenvalue weighted by Crippen LogP contribution is -2.12. The van der Waals surface area contributed by atoms with E-state index in [9.17, 15) is 0 Å². The van der Waals surface area contributed by atoms with Crippen LogP contribution in [0.2, 0.25) is 0 Å². The fraction of sp³-hybridized carbons (Fsp3) is 0.571. The maximum Gasteiger partial charge on any atom is 0.0834 e. The highest BCUT2D eigenvalue weighted by Crippen LogP contribution is 2.12. The number of ether oxygens (including phenoxy) is 2. The Labute approximate surface area is 103 Å². The molecule has 2 rings (SSSR count). The van der Waals surface area contributed by atoms with Crippen LogP contribution in [0.5, 0.6) is 0 Å². The zero-order valence-corrected chi connectivity index (χ0v) is 10.4. The van der Waals surface area contributed by atoms with Crippen molar-refractivity contribution in [3.8, 4) is 0 Å². The molecule has 17 heavy (non-hydrogen) atoms. The van der Waals surface area contributed by atoms with Gasteiger partial charge in [-0.15, -0.1) is 0 Å². The van der Waals surface area contributed by atoms with Gasteiger partial charge in [0.2, 0.25) is 0 Å². The van der Waals surface area contributed by atoms with Gasteiger partial charge in [0, 0.05) is 6.61 Å². The summed E-state index contributed by atoms with van der Waals surface area (Å²) in [7, 11) is 1.98. The van der Waals surface area contributed by atoms with Gasteiger partial charge in [0.1, 0.15) is 0 Å². The summed E-state index contributed by atoms with van der Waals surface area (Å²) in [6.45, 7) is 3.31. The molecular formula is C14H21NO2. The molecule has 0 spiro atoms. The minimum absolute atomic E-state index is 0.291. The average Bonchev–Trinajstić information content (AvgIpc) is 2.88. The smallest absolute Gasteiger partial charge is 0.0834 e. The summed E-state index contributed by atoms with van der Waals surface area (Å²) < 4.78 is 11.0. The van der Waals surface area contributed by atoms with Crippen LogP contribution in [0.15, 0.2) is 24.3 Å². The zero-order valence-electron chi connectivity index (χ0n) is 10.4. The van der Waals surface area contributed by atoms with Crippen molar-refractivity contribution in [2.45, 2.75) is 25.6 Å². The van der Waals surface area contributed by atoms with Gasteiger partial charge in [0.15, 0.2) is 0 Å². The number of rotatable bonds is 6. The van der Waals surface area contributed by atoms with Crippen molar-refractivity contribution in [1.82, 2.24) is 5.32 Å². The van der Waals surface area contributed by atoms with Crippen molar-refractivity contribution in [3.63, 3.8) is 0 Å². The first kappa shape index (κ1) is 12.6. The zero-order chi connectivity index (χ0) is 11.9. The minimum Gasteiger partial charge on any atom is -0.379 e. The predicted molar refractivity (Wildman–Crippen MR) is 68.1 cm³/mol. The Balaban J connectivity index is 1.76. The Morgan fingerprint density at radius 2 is 2.06 bits per heavy atom. The van der Waals surface area contributed by atoms with Crippen LogP contribution in [-0.4, -0.2) is 32.9 Å². The van der Waals surface area contributed by atoms with Crippen LogP contribution in [0.3, 0.4) is 0 Å². The molecule has 1 heterocycles. The standard InChI is InChI=1S/C14H21NO2/c1-15-8-6-12-2-4-13(5-3-12)10-17-14-7-9-16-11-14/h2-5,14-15H,6-11H2,1H3. The molecule has 1 unspecified atom stereocenters. The van der Waals surface area contributed by atoms with E-state index in [0.29, 0.717) is 12.7 Å². The summed E-state index contributed by atoms with van der Waals surface area (Å²) in [5, 5.41) is 3.15. The van der Waals surface area contributed by atoms with Gasteiger partial charge in [0.25, 0.3) is 0 Å². The Morgan fingerprint density at radius 1 is 1.29 bits per heavy atom. The van der Waals surface area contributed by atoms with Crippen LogP contribution in [0.25, 0.3) is 0 Å². The normalized spacial score (nSPS) is 19.7. The average molecular weight is 235 g/mol. The van der Waals surface area contributed by atoms with Gasteiger partial charge in [-0.3, -0.25) is 0 Å². The molecule has 0 bridgehead atoms. The van der Waals surface area contributed by atoms with Gasteiger partial charge in [-0.25, -0.2) is 0 Å². The summed E-state index contributed by atoms with van der Waals surface area (Å²) >= 11 is 0. The molecule has 3 nitrogen and oxygen atoms in total. The van der Waals surface area contributed by atoms with Gasteiger partial charge < -0.3 is 14.8 Å². The second kappa shape index (κ2) is 6.74. The topological polar surface area (TPSA) is 30.5 Å². The number of hydrogen-bond donors (Lipinski definition) is 1. The second-order valence-electron chi connectivity index (χ2n) is 4.47. The molecule has 1 aliphatic rings. The van der Waals surface area contributed by atoms with Crippen molar-refractivity contribution in [2.75, 3.05) is 26.8 Å². The molecule has 1 N–H and O–H groups in total. The molecule has 1 atom stereocenters. The number of nitrogens with one attached hydrogen (secondary N) is 1. The van der Waals surface area contributed by atoms with Crippen LogP contribution in [0, 0.1) is 0 Å². The monoisotopic (exact) mass is 235 g/mol. The maximum atomic E-state index is 5.77. The highest BCUT2D eigenvalue weighted by molar-refractivity contribution is 5.22. The van der Waals surface area contributed by atoms with Crippen LogP contribution < -0.4 is 5.32 Å². The first-order valence-electron chi connectivity index (χ1n) is 6.30. The molecule has 0 saturated carbocycles. The third-order valence-electron chi connectivity index (χ3n) is 3.06. The van der Waals surface area contributed by atoms with Gasteiger partial charge in [-0.05, 0) is 37.6 Å². The summed E-state index contributed by atoms with van der Waals surface area (Å²) in [6.07, 6.45) is 2.40. The molecule has 1 aromatic rings. The van der Waals surface area contributed by atoms with E-state index in [0.717, 1.165) is 32.6 Å². The molecule has 0 aliphatic carbocycles. The van der Waals surface area contributed by atoms with Crippen molar-refractivity contribution < 1.29 is 9.47 Å². The third kappa shape index (κ3) is 4.11. The van der Waals surface area contributed by atoms with Gasteiger partial charge in [-0.1, -0.05) is 24.3 Å². The fourth-order valence-electron chi connectivity index (χ4n) is 1.93. The van der Waals surface area contributed by atoms with E-state index >= 15 is 0 Å². The lowest BCUT2D eigenvalue weighted by atomic mass is 10.1. The lowest BCUT2D eigenvalue weighted by molar-refractivity contribution is 0.0317. The van der Waals surface area contributed by atoms with E-state index in [1.54, 1.807) is 0 Å². The molecule has 1 fully saturated rings. The largest absolute Gasteiger partial charge is 0.379 e. The molecule has 1 aromatic carbocycles. The van der Waals surface area contributed by atoms with Gasteiger partial charge >= 0.3 is 0 Å². The highest BCUT2D eigenvalue weighted by Gasteiger charge is 2.15. The van der Waals surface area contributed by atoms with E-state index in [2.05, 4.69) is 29.6 Å². The number of hydrogen-bond acceptors (Lipinski definition) is 3. The first-order valence-corrected chi connectivity index (χ1v) is 6.30. The minimum atomic E-state index is 0.291. The molecule has 94 valence electrons. The summed E-state index contributed by atoms with van der Waals surface area (Å²) in [5.74, 6) is 0. The van der Waals surface area contributed by atoms with Crippen LogP contribution in [0.4, 0.5) is 0 Å².